The molecule has 0 atom stereocenters. The number of thiophene rings is 1. The fourth-order valence-corrected chi connectivity index (χ4v) is 3.44. The third-order valence-corrected chi connectivity index (χ3v) is 4.91. The molecular formula is C19H24N2O2S. The Balaban J connectivity index is 1.49. The third-order valence-electron chi connectivity index (χ3n) is 4.05. The molecule has 4 nitrogen and oxygen atoms in total. The molecule has 0 saturated heterocycles. The van der Waals surface area contributed by atoms with E-state index in [0.29, 0.717) is 25.7 Å². The highest BCUT2D eigenvalue weighted by molar-refractivity contribution is 7.09. The molecule has 24 heavy (non-hydrogen) atoms. The summed E-state index contributed by atoms with van der Waals surface area (Å²) in [6.45, 7) is 4.49. The van der Waals surface area contributed by atoms with Gasteiger partial charge in [-0.25, -0.2) is 0 Å². The van der Waals surface area contributed by atoms with Gasteiger partial charge in [-0.1, -0.05) is 18.2 Å². The van der Waals surface area contributed by atoms with Crippen LogP contribution in [-0.4, -0.2) is 30.0 Å². The number of hydrogen-bond acceptors (Lipinski definition) is 4. The van der Waals surface area contributed by atoms with Gasteiger partial charge in [0.2, 0.25) is 5.91 Å². The molecule has 0 spiro atoms. The number of benzene rings is 1. The molecule has 1 fully saturated rings. The topological polar surface area (TPSA) is 41.6 Å². The summed E-state index contributed by atoms with van der Waals surface area (Å²) < 4.78 is 5.50. The van der Waals surface area contributed by atoms with Crippen molar-refractivity contribution in [2.45, 2.75) is 38.9 Å². The van der Waals surface area contributed by atoms with Crippen LogP contribution in [0.2, 0.25) is 0 Å². The number of ether oxygens (including phenoxy) is 1. The molecule has 1 N–H and O–H groups in total. The molecule has 3 rings (SSSR count). The monoisotopic (exact) mass is 344 g/mol. The summed E-state index contributed by atoms with van der Waals surface area (Å²) in [5.74, 6) is 0.932. The van der Waals surface area contributed by atoms with Crippen LogP contribution < -0.4 is 10.1 Å². The molecule has 0 unspecified atom stereocenters. The minimum Gasteiger partial charge on any atom is -0.494 e. The van der Waals surface area contributed by atoms with Crippen LogP contribution in [0.3, 0.4) is 0 Å². The second kappa shape index (κ2) is 8.31. The molecule has 5 heteroatoms. The van der Waals surface area contributed by atoms with Crippen molar-refractivity contribution in [3.63, 3.8) is 0 Å². The number of nitrogens with one attached hydrogen (secondary N) is 1. The van der Waals surface area contributed by atoms with Crippen LogP contribution in [0.5, 0.6) is 5.75 Å². The molecule has 1 aromatic carbocycles. The van der Waals surface area contributed by atoms with E-state index in [9.17, 15) is 4.79 Å². The maximum absolute atomic E-state index is 12.3. The summed E-state index contributed by atoms with van der Waals surface area (Å²) in [5, 5.41) is 5.12. The van der Waals surface area contributed by atoms with Crippen LogP contribution >= 0.6 is 11.3 Å². The molecule has 1 aliphatic rings. The van der Waals surface area contributed by atoms with Gasteiger partial charge < -0.3 is 10.1 Å². The molecule has 0 radical (unpaired) electrons. The van der Waals surface area contributed by atoms with E-state index < -0.39 is 0 Å². The van der Waals surface area contributed by atoms with Gasteiger partial charge in [-0.3, -0.25) is 9.69 Å². The van der Waals surface area contributed by atoms with E-state index in [4.69, 9.17) is 4.74 Å². The number of nitrogens with zero attached hydrogens (tertiary/aromatic N) is 1. The maximum Gasteiger partial charge on any atom is 0.234 e. The number of amides is 1. The van der Waals surface area contributed by atoms with Crippen LogP contribution in [0, 0.1) is 0 Å². The molecule has 2 aromatic rings. The first-order valence-electron chi connectivity index (χ1n) is 8.49. The lowest BCUT2D eigenvalue weighted by molar-refractivity contribution is -0.122. The van der Waals surface area contributed by atoms with Crippen LogP contribution in [0.4, 0.5) is 0 Å². The van der Waals surface area contributed by atoms with Crippen molar-refractivity contribution in [1.29, 1.82) is 0 Å². The van der Waals surface area contributed by atoms with E-state index in [1.807, 2.05) is 31.2 Å². The normalized spacial score (nSPS) is 13.9. The first-order valence-corrected chi connectivity index (χ1v) is 9.37. The van der Waals surface area contributed by atoms with Crippen molar-refractivity contribution in [3.05, 3.63) is 52.2 Å². The molecular weight excluding hydrogens is 320 g/mol. The third kappa shape index (κ3) is 5.08. The highest BCUT2D eigenvalue weighted by atomic mass is 32.1. The highest BCUT2D eigenvalue weighted by Crippen LogP contribution is 2.28. The summed E-state index contributed by atoms with van der Waals surface area (Å²) in [7, 11) is 0. The predicted molar refractivity (Wildman–Crippen MR) is 97.2 cm³/mol. The van der Waals surface area contributed by atoms with E-state index in [0.717, 1.165) is 17.9 Å². The van der Waals surface area contributed by atoms with E-state index in [2.05, 4.69) is 27.7 Å². The summed E-state index contributed by atoms with van der Waals surface area (Å²) >= 11 is 1.75. The Morgan fingerprint density at radius 3 is 2.92 bits per heavy atom. The summed E-state index contributed by atoms with van der Waals surface area (Å²) in [6.07, 6.45) is 2.41. The smallest absolute Gasteiger partial charge is 0.234 e. The van der Waals surface area contributed by atoms with Crippen LogP contribution in [0.25, 0.3) is 0 Å². The van der Waals surface area contributed by atoms with E-state index in [1.165, 1.54) is 17.7 Å². The van der Waals surface area contributed by atoms with Crippen molar-refractivity contribution in [2.24, 2.45) is 0 Å². The number of carbonyl (C=O) groups is 1. The average molecular weight is 344 g/mol. The first-order chi connectivity index (χ1) is 11.7. The minimum absolute atomic E-state index is 0.0836. The molecule has 1 heterocycles. The molecule has 1 aliphatic carbocycles. The molecule has 0 bridgehead atoms. The predicted octanol–water partition coefficient (Wildman–Crippen LogP) is 3.43. The van der Waals surface area contributed by atoms with Crippen molar-refractivity contribution in [1.82, 2.24) is 10.2 Å². The number of rotatable bonds is 9. The van der Waals surface area contributed by atoms with Crippen molar-refractivity contribution in [2.75, 3.05) is 13.2 Å². The Labute approximate surface area is 147 Å². The molecule has 1 aromatic heterocycles. The summed E-state index contributed by atoms with van der Waals surface area (Å²) in [4.78, 5) is 15.9. The van der Waals surface area contributed by atoms with Crippen molar-refractivity contribution < 1.29 is 9.53 Å². The molecule has 1 amide bonds. The summed E-state index contributed by atoms with van der Waals surface area (Å²) in [5.41, 5.74) is 1.06. The van der Waals surface area contributed by atoms with Gasteiger partial charge in [0.05, 0.1) is 13.2 Å². The van der Waals surface area contributed by atoms with Gasteiger partial charge in [-0.15, -0.1) is 11.3 Å². The fraction of sp³-hybridized carbons (Fsp3) is 0.421. The molecule has 0 aliphatic heterocycles. The van der Waals surface area contributed by atoms with Crippen LogP contribution in [0.15, 0.2) is 41.8 Å². The van der Waals surface area contributed by atoms with Gasteiger partial charge >= 0.3 is 0 Å². The lowest BCUT2D eigenvalue weighted by Crippen LogP contribution is -2.37. The van der Waals surface area contributed by atoms with E-state index in [1.54, 1.807) is 11.3 Å². The molecule has 128 valence electrons. The first kappa shape index (κ1) is 17.0. The minimum atomic E-state index is 0.0836. The van der Waals surface area contributed by atoms with Gasteiger partial charge in [0.25, 0.3) is 0 Å². The van der Waals surface area contributed by atoms with Gasteiger partial charge in [0, 0.05) is 24.0 Å². The Bertz CT molecular complexity index is 653. The summed E-state index contributed by atoms with van der Waals surface area (Å²) in [6, 6.07) is 12.7. The largest absolute Gasteiger partial charge is 0.494 e. The quantitative estimate of drug-likeness (QED) is 0.758. The number of hydrogen-bond donors (Lipinski definition) is 1. The second-order valence-electron chi connectivity index (χ2n) is 6.07. The SMILES string of the molecule is CCOc1cccc(CNC(=O)CN(Cc2cccs2)C2CC2)c1. The number of carbonyl (C=O) groups excluding carboxylic acids is 1. The lowest BCUT2D eigenvalue weighted by atomic mass is 10.2. The lowest BCUT2D eigenvalue weighted by Gasteiger charge is -2.20. The van der Waals surface area contributed by atoms with Gasteiger partial charge in [0.1, 0.15) is 5.75 Å². The molecule has 1 saturated carbocycles. The zero-order chi connectivity index (χ0) is 16.8. The Morgan fingerprint density at radius 2 is 2.21 bits per heavy atom. The van der Waals surface area contributed by atoms with E-state index in [-0.39, 0.29) is 5.91 Å². The van der Waals surface area contributed by atoms with Crippen LogP contribution in [-0.2, 0) is 17.9 Å². The van der Waals surface area contributed by atoms with E-state index >= 15 is 0 Å². The van der Waals surface area contributed by atoms with Gasteiger partial charge in [-0.05, 0) is 48.9 Å². The Morgan fingerprint density at radius 1 is 1.33 bits per heavy atom. The Kier molecular flexibility index (Phi) is 5.88. The van der Waals surface area contributed by atoms with Gasteiger partial charge in [0.15, 0.2) is 0 Å². The van der Waals surface area contributed by atoms with Crippen LogP contribution in [0.1, 0.15) is 30.2 Å². The average Bonchev–Trinajstić information content (AvgIpc) is 3.31. The fourth-order valence-electron chi connectivity index (χ4n) is 2.71. The zero-order valence-electron chi connectivity index (χ0n) is 14.0. The maximum atomic E-state index is 12.3. The van der Waals surface area contributed by atoms with Crippen molar-refractivity contribution in [3.8, 4) is 5.75 Å². The van der Waals surface area contributed by atoms with Gasteiger partial charge in [-0.2, -0.15) is 0 Å². The van der Waals surface area contributed by atoms with Crippen molar-refractivity contribution >= 4 is 17.2 Å². The standard InChI is InChI=1S/C19H24N2O2S/c1-2-23-17-6-3-5-15(11-17)12-20-19(22)14-21(16-8-9-16)13-18-7-4-10-24-18/h3-7,10-11,16H,2,8-9,12-14H2,1H3,(H,20,22). The highest BCUT2D eigenvalue weighted by Gasteiger charge is 2.30. The second-order valence-corrected chi connectivity index (χ2v) is 7.10. The zero-order valence-corrected chi connectivity index (χ0v) is 14.8. The Hall–Kier alpha value is -1.85.